The molecule has 0 fully saturated rings. The number of fused-ring (bicyclic) bond motifs is 3. The second-order valence-electron chi connectivity index (χ2n) is 7.89. The van der Waals surface area contributed by atoms with E-state index in [1.54, 1.807) is 36.4 Å². The fraction of sp³-hybridized carbons (Fsp3) is 0.111. The van der Waals surface area contributed by atoms with Gasteiger partial charge in [0.2, 0.25) is 9.84 Å². The van der Waals surface area contributed by atoms with Gasteiger partial charge in [-0.2, -0.15) is 0 Å². The molecular weight excluding hydrogens is 388 g/mol. The summed E-state index contributed by atoms with van der Waals surface area (Å²) in [5, 5.41) is 0. The molecule has 0 atom stereocenters. The van der Waals surface area contributed by atoms with Crippen LogP contribution in [0.3, 0.4) is 0 Å². The van der Waals surface area contributed by atoms with Gasteiger partial charge in [-0.15, -0.1) is 0 Å². The molecule has 0 unspecified atom stereocenters. The molecule has 0 aromatic heterocycles. The molecule has 0 saturated heterocycles. The predicted octanol–water partition coefficient (Wildman–Crippen LogP) is 6.37. The van der Waals surface area contributed by atoms with E-state index in [1.807, 2.05) is 18.2 Å². The van der Waals surface area contributed by atoms with Gasteiger partial charge in [-0.25, -0.2) is 8.42 Å². The molecule has 0 radical (unpaired) electrons. The van der Waals surface area contributed by atoms with E-state index < -0.39 is 9.84 Å². The maximum absolute atomic E-state index is 12.9. The number of hydrogen-bond donors (Lipinski definition) is 0. The molecule has 4 aromatic rings. The number of rotatable bonds is 3. The Bertz CT molecular complexity index is 1370. The third kappa shape index (κ3) is 2.89. The summed E-state index contributed by atoms with van der Waals surface area (Å²) in [5.74, 6) is 0. The number of aryl methyl sites for hydroxylation is 1. The Labute approximate surface area is 177 Å². The van der Waals surface area contributed by atoms with E-state index in [1.165, 1.54) is 38.9 Å². The lowest BCUT2D eigenvalue weighted by Crippen LogP contribution is -2.02. The van der Waals surface area contributed by atoms with Gasteiger partial charge < -0.3 is 0 Å². The van der Waals surface area contributed by atoms with Crippen LogP contribution < -0.4 is 0 Å². The topological polar surface area (TPSA) is 34.1 Å². The van der Waals surface area contributed by atoms with E-state index in [0.29, 0.717) is 9.79 Å². The molecule has 1 aliphatic rings. The summed E-state index contributed by atoms with van der Waals surface area (Å²) >= 11 is 0. The van der Waals surface area contributed by atoms with Crippen LogP contribution in [0.4, 0.5) is 0 Å². The molecule has 0 N–H and O–H groups in total. The van der Waals surface area contributed by atoms with Crippen molar-refractivity contribution in [2.75, 3.05) is 0 Å². The van der Waals surface area contributed by atoms with Crippen LogP contribution in [-0.2, 0) is 16.3 Å². The summed E-state index contributed by atoms with van der Waals surface area (Å²) in [4.78, 5) is 0.642. The van der Waals surface area contributed by atoms with Gasteiger partial charge in [-0.05, 0) is 89.0 Å². The Hall–Kier alpha value is -3.17. The van der Waals surface area contributed by atoms with Crippen LogP contribution >= 0.6 is 0 Å². The average molecular weight is 411 g/mol. The van der Waals surface area contributed by atoms with Crippen LogP contribution in [-0.4, -0.2) is 8.42 Å². The zero-order chi connectivity index (χ0) is 20.9. The van der Waals surface area contributed by atoms with Crippen LogP contribution in [0.5, 0.6) is 0 Å². The van der Waals surface area contributed by atoms with E-state index in [0.717, 1.165) is 12.0 Å². The third-order valence-corrected chi connectivity index (χ3v) is 7.92. The molecule has 3 heteroatoms. The van der Waals surface area contributed by atoms with E-state index in [2.05, 4.69) is 44.2 Å². The van der Waals surface area contributed by atoms with Crippen molar-refractivity contribution in [2.45, 2.75) is 30.1 Å². The summed E-state index contributed by atoms with van der Waals surface area (Å²) in [6.45, 7) is 4.30. The first-order valence-corrected chi connectivity index (χ1v) is 11.6. The van der Waals surface area contributed by atoms with E-state index in [4.69, 9.17) is 0 Å². The van der Waals surface area contributed by atoms with Gasteiger partial charge in [-0.3, -0.25) is 0 Å². The highest BCUT2D eigenvalue weighted by molar-refractivity contribution is 7.91. The second kappa shape index (κ2) is 6.96. The Morgan fingerprint density at radius 1 is 0.700 bits per heavy atom. The molecule has 2 nitrogen and oxygen atoms in total. The van der Waals surface area contributed by atoms with Crippen LogP contribution in [0.25, 0.3) is 22.3 Å². The number of benzene rings is 4. The van der Waals surface area contributed by atoms with Crippen LogP contribution in [0.1, 0.15) is 22.3 Å². The zero-order valence-electron chi connectivity index (χ0n) is 17.0. The predicted molar refractivity (Wildman–Crippen MR) is 121 cm³/mol. The Kier molecular flexibility index (Phi) is 4.37. The highest BCUT2D eigenvalue weighted by Crippen LogP contribution is 2.44. The average Bonchev–Trinajstić information content (AvgIpc) is 3.13. The Morgan fingerprint density at radius 3 is 2.07 bits per heavy atom. The normalized spacial score (nSPS) is 12.5. The van der Waals surface area contributed by atoms with E-state index >= 15 is 0 Å². The smallest absolute Gasteiger partial charge is 0.206 e. The molecule has 30 heavy (non-hydrogen) atoms. The van der Waals surface area contributed by atoms with Crippen molar-refractivity contribution in [2.24, 2.45) is 0 Å². The third-order valence-electron chi connectivity index (χ3n) is 6.14. The summed E-state index contributed by atoms with van der Waals surface area (Å²) in [6, 6.07) is 26.8. The zero-order valence-corrected chi connectivity index (χ0v) is 17.8. The molecular formula is C27H22O2S. The van der Waals surface area contributed by atoms with Crippen molar-refractivity contribution >= 4 is 9.84 Å². The summed E-state index contributed by atoms with van der Waals surface area (Å²) in [6.07, 6.45) is 0.909. The van der Waals surface area contributed by atoms with Gasteiger partial charge >= 0.3 is 0 Å². The van der Waals surface area contributed by atoms with Crippen molar-refractivity contribution in [1.82, 2.24) is 0 Å². The SMILES string of the molecule is Cc1cc2c(c(-c3ccc(S(=O)(=O)c4ccccc4)cc3)c1C)Cc1ccccc1-2. The highest BCUT2D eigenvalue weighted by Gasteiger charge is 2.24. The molecule has 0 spiro atoms. The monoisotopic (exact) mass is 410 g/mol. The lowest BCUT2D eigenvalue weighted by atomic mass is 9.89. The van der Waals surface area contributed by atoms with Crippen molar-refractivity contribution in [3.05, 3.63) is 107 Å². The van der Waals surface area contributed by atoms with Gasteiger partial charge in [0.25, 0.3) is 0 Å². The van der Waals surface area contributed by atoms with E-state index in [9.17, 15) is 8.42 Å². The van der Waals surface area contributed by atoms with E-state index in [-0.39, 0.29) is 0 Å². The molecule has 0 saturated carbocycles. The van der Waals surface area contributed by atoms with Crippen molar-refractivity contribution in [3.8, 4) is 22.3 Å². The van der Waals surface area contributed by atoms with Gasteiger partial charge in [0, 0.05) is 0 Å². The molecule has 5 rings (SSSR count). The molecule has 0 heterocycles. The Balaban J connectivity index is 1.62. The summed E-state index contributed by atoms with van der Waals surface area (Å²) in [7, 11) is -3.51. The van der Waals surface area contributed by atoms with Gasteiger partial charge in [0.1, 0.15) is 0 Å². The fourth-order valence-corrected chi connectivity index (χ4v) is 5.73. The van der Waals surface area contributed by atoms with Crippen LogP contribution in [0, 0.1) is 13.8 Å². The molecule has 4 aromatic carbocycles. The fourth-order valence-electron chi connectivity index (χ4n) is 4.45. The lowest BCUT2D eigenvalue weighted by molar-refractivity contribution is 0.596. The highest BCUT2D eigenvalue weighted by atomic mass is 32.2. The molecule has 1 aliphatic carbocycles. The second-order valence-corrected chi connectivity index (χ2v) is 9.84. The van der Waals surface area contributed by atoms with Crippen LogP contribution in [0.2, 0.25) is 0 Å². The number of sulfone groups is 1. The largest absolute Gasteiger partial charge is 0.219 e. The minimum Gasteiger partial charge on any atom is -0.219 e. The summed E-state index contributed by atoms with van der Waals surface area (Å²) in [5.41, 5.74) is 10.1. The minimum absolute atomic E-state index is 0.320. The van der Waals surface area contributed by atoms with Gasteiger partial charge in [0.05, 0.1) is 9.79 Å². The molecule has 0 amide bonds. The Morgan fingerprint density at radius 2 is 1.33 bits per heavy atom. The van der Waals surface area contributed by atoms with Crippen molar-refractivity contribution in [1.29, 1.82) is 0 Å². The van der Waals surface area contributed by atoms with Crippen molar-refractivity contribution in [3.63, 3.8) is 0 Å². The van der Waals surface area contributed by atoms with Crippen molar-refractivity contribution < 1.29 is 8.42 Å². The maximum Gasteiger partial charge on any atom is 0.206 e. The molecule has 0 aliphatic heterocycles. The maximum atomic E-state index is 12.9. The van der Waals surface area contributed by atoms with Gasteiger partial charge in [-0.1, -0.05) is 60.7 Å². The standard InChI is InChI=1S/C27H22O2S/c1-18-16-25-24-11-7-6-8-21(24)17-26(25)27(19(18)2)20-12-14-23(15-13-20)30(28,29)22-9-4-3-5-10-22/h3-16H,17H2,1-2H3. The summed E-state index contributed by atoms with van der Waals surface area (Å²) < 4.78 is 25.9. The molecule has 148 valence electrons. The quantitative estimate of drug-likeness (QED) is 0.346. The molecule has 0 bridgehead atoms. The minimum atomic E-state index is -3.51. The number of hydrogen-bond acceptors (Lipinski definition) is 2. The van der Waals surface area contributed by atoms with Gasteiger partial charge in [0.15, 0.2) is 0 Å². The first-order valence-electron chi connectivity index (χ1n) is 10.1. The lowest BCUT2D eigenvalue weighted by Gasteiger charge is -2.16. The van der Waals surface area contributed by atoms with Crippen LogP contribution in [0.15, 0.2) is 94.7 Å². The first-order chi connectivity index (χ1) is 14.5. The first kappa shape index (κ1) is 18.8.